The maximum atomic E-state index is 11.5. The molecule has 17 heavy (non-hydrogen) atoms. The molecule has 0 aromatic carbocycles. The Morgan fingerprint density at radius 3 is 2.18 bits per heavy atom. The molecule has 1 unspecified atom stereocenters. The number of carbonyl (C=O) groups excluding carboxylic acids is 1. The summed E-state index contributed by atoms with van der Waals surface area (Å²) < 4.78 is 23.0. The summed E-state index contributed by atoms with van der Waals surface area (Å²) >= 11 is 0. The second-order valence-corrected chi connectivity index (χ2v) is 6.42. The van der Waals surface area contributed by atoms with Gasteiger partial charge in [-0.15, -0.1) is 0 Å². The van der Waals surface area contributed by atoms with Crippen LogP contribution >= 0.6 is 0 Å². The first kappa shape index (κ1) is 15.9. The van der Waals surface area contributed by atoms with Crippen LogP contribution in [0.15, 0.2) is 0 Å². The molecule has 0 spiro atoms. The number of nitrogens with one attached hydrogen (secondary N) is 1. The van der Waals surface area contributed by atoms with Crippen molar-refractivity contribution in [3.63, 3.8) is 0 Å². The minimum atomic E-state index is -3.28. The van der Waals surface area contributed by atoms with Crippen molar-refractivity contribution in [2.24, 2.45) is 5.41 Å². The number of carbonyl (C=O) groups is 2. The number of hydrogen-bond acceptors (Lipinski definition) is 4. The van der Waals surface area contributed by atoms with Gasteiger partial charge >= 0.3 is 5.97 Å². The first-order chi connectivity index (χ1) is 7.69. The molecule has 0 aromatic heterocycles. The molecule has 0 aliphatic heterocycles. The number of carboxylic acids is 1. The lowest BCUT2D eigenvalue weighted by Crippen LogP contribution is -2.44. The number of amides is 1. The summed E-state index contributed by atoms with van der Waals surface area (Å²) in [6.45, 7) is 2.96. The highest BCUT2D eigenvalue weighted by atomic mass is 32.2. The Kier molecular flexibility index (Phi) is 5.60. The van der Waals surface area contributed by atoms with Gasteiger partial charge in [-0.25, -0.2) is 8.42 Å². The molecule has 0 saturated carbocycles. The van der Waals surface area contributed by atoms with Crippen molar-refractivity contribution in [1.82, 2.24) is 5.32 Å². The van der Waals surface area contributed by atoms with E-state index in [1.54, 1.807) is 6.92 Å². The Balaban J connectivity index is 4.82. The molecule has 0 radical (unpaired) electrons. The van der Waals surface area contributed by atoms with Crippen LogP contribution < -0.4 is 5.32 Å². The zero-order valence-corrected chi connectivity index (χ0v) is 11.1. The average Bonchev–Trinajstić information content (AvgIpc) is 2.24. The van der Waals surface area contributed by atoms with Gasteiger partial charge in [0, 0.05) is 12.8 Å². The largest absolute Gasteiger partial charge is 0.480 e. The van der Waals surface area contributed by atoms with Crippen LogP contribution in [-0.4, -0.2) is 44.0 Å². The van der Waals surface area contributed by atoms with Crippen LogP contribution in [0.25, 0.3) is 0 Å². The van der Waals surface area contributed by atoms with E-state index < -0.39 is 27.1 Å². The quantitative estimate of drug-likeness (QED) is 0.633. The molecule has 6 nitrogen and oxygen atoms in total. The minimum Gasteiger partial charge on any atom is -0.480 e. The van der Waals surface area contributed by atoms with E-state index in [0.29, 0.717) is 6.42 Å². The fourth-order valence-electron chi connectivity index (χ4n) is 1.37. The molecule has 2 N–H and O–H groups in total. The normalized spacial score (nSPS) is 15.0. The fourth-order valence-corrected chi connectivity index (χ4v) is 2.91. The van der Waals surface area contributed by atoms with Crippen molar-refractivity contribution in [2.45, 2.75) is 26.7 Å². The monoisotopic (exact) mass is 265 g/mol. The zero-order valence-electron chi connectivity index (χ0n) is 10.3. The fraction of sp³-hybridized carbons (Fsp3) is 0.800. The SMILES string of the molecule is CCCS(=O)(=O)CCC(C)(C(=O)O)C(=O)NC. The number of carboxylic acid groups (broad SMARTS) is 1. The smallest absolute Gasteiger partial charge is 0.318 e. The van der Waals surface area contributed by atoms with E-state index in [-0.39, 0.29) is 17.9 Å². The first-order valence-corrected chi connectivity index (χ1v) is 7.17. The third-order valence-electron chi connectivity index (χ3n) is 2.63. The minimum absolute atomic E-state index is 0.0104. The van der Waals surface area contributed by atoms with Gasteiger partial charge in [-0.2, -0.15) is 0 Å². The van der Waals surface area contributed by atoms with E-state index in [0.717, 1.165) is 0 Å². The van der Waals surface area contributed by atoms with E-state index >= 15 is 0 Å². The number of hydrogen-bond donors (Lipinski definition) is 2. The van der Waals surface area contributed by atoms with Crippen LogP contribution in [0.4, 0.5) is 0 Å². The number of sulfone groups is 1. The molecule has 0 fully saturated rings. The Morgan fingerprint density at radius 1 is 1.29 bits per heavy atom. The molecule has 0 aliphatic carbocycles. The predicted molar refractivity (Wildman–Crippen MR) is 63.4 cm³/mol. The van der Waals surface area contributed by atoms with Gasteiger partial charge in [-0.05, 0) is 19.8 Å². The van der Waals surface area contributed by atoms with E-state index in [1.165, 1.54) is 14.0 Å². The van der Waals surface area contributed by atoms with Crippen LogP contribution in [0.1, 0.15) is 26.7 Å². The molecule has 0 heterocycles. The highest BCUT2D eigenvalue weighted by molar-refractivity contribution is 7.91. The van der Waals surface area contributed by atoms with Crippen LogP contribution in [0, 0.1) is 5.41 Å². The Bertz CT molecular complexity index is 390. The number of aliphatic carboxylic acids is 1. The summed E-state index contributed by atoms with van der Waals surface area (Å²) in [5.74, 6) is -2.28. The summed E-state index contributed by atoms with van der Waals surface area (Å²) in [5.41, 5.74) is -1.70. The molecule has 0 aromatic rings. The molecule has 0 bridgehead atoms. The average molecular weight is 265 g/mol. The Morgan fingerprint density at radius 2 is 1.82 bits per heavy atom. The van der Waals surface area contributed by atoms with Crippen molar-refractivity contribution < 1.29 is 23.1 Å². The van der Waals surface area contributed by atoms with Crippen molar-refractivity contribution in [2.75, 3.05) is 18.6 Å². The van der Waals surface area contributed by atoms with Gasteiger partial charge in [0.2, 0.25) is 5.91 Å². The van der Waals surface area contributed by atoms with Crippen LogP contribution in [0.2, 0.25) is 0 Å². The van der Waals surface area contributed by atoms with Crippen molar-refractivity contribution in [3.8, 4) is 0 Å². The standard InChI is InChI=1S/C10H19NO5S/c1-4-6-17(15,16)7-5-10(2,9(13)14)8(12)11-3/h4-7H2,1-3H3,(H,11,12)(H,13,14). The van der Waals surface area contributed by atoms with Gasteiger partial charge in [-0.3, -0.25) is 9.59 Å². The van der Waals surface area contributed by atoms with E-state index in [9.17, 15) is 18.0 Å². The lowest BCUT2D eigenvalue weighted by Gasteiger charge is -2.22. The van der Waals surface area contributed by atoms with Gasteiger partial charge in [0.1, 0.15) is 15.3 Å². The van der Waals surface area contributed by atoms with Gasteiger partial charge in [0.15, 0.2) is 0 Å². The third-order valence-corrected chi connectivity index (χ3v) is 4.48. The summed E-state index contributed by atoms with van der Waals surface area (Å²) in [6.07, 6.45) is 0.260. The van der Waals surface area contributed by atoms with Crippen molar-refractivity contribution >= 4 is 21.7 Å². The van der Waals surface area contributed by atoms with Gasteiger partial charge < -0.3 is 10.4 Å². The molecule has 1 atom stereocenters. The van der Waals surface area contributed by atoms with E-state index in [2.05, 4.69) is 5.32 Å². The highest BCUT2D eigenvalue weighted by Crippen LogP contribution is 2.23. The highest BCUT2D eigenvalue weighted by Gasteiger charge is 2.41. The lowest BCUT2D eigenvalue weighted by molar-refractivity contribution is -0.154. The van der Waals surface area contributed by atoms with Crippen LogP contribution in [0.3, 0.4) is 0 Å². The summed E-state index contributed by atoms with van der Waals surface area (Å²) in [4.78, 5) is 22.5. The topological polar surface area (TPSA) is 101 Å². The molecule has 7 heteroatoms. The molecule has 0 saturated heterocycles. The maximum Gasteiger partial charge on any atom is 0.318 e. The third kappa shape index (κ3) is 4.33. The Hall–Kier alpha value is -1.11. The van der Waals surface area contributed by atoms with Gasteiger partial charge in [-0.1, -0.05) is 6.92 Å². The molecular weight excluding hydrogens is 246 g/mol. The summed E-state index contributed by atoms with van der Waals surface area (Å²) in [6, 6.07) is 0. The molecule has 0 aliphatic rings. The molecule has 100 valence electrons. The second-order valence-electron chi connectivity index (χ2n) is 4.12. The lowest BCUT2D eigenvalue weighted by atomic mass is 9.87. The van der Waals surface area contributed by atoms with E-state index in [1.807, 2.05) is 0 Å². The molecular formula is C10H19NO5S. The van der Waals surface area contributed by atoms with Crippen molar-refractivity contribution in [3.05, 3.63) is 0 Å². The zero-order chi connectivity index (χ0) is 13.7. The second kappa shape index (κ2) is 6.00. The summed E-state index contributed by atoms with van der Waals surface area (Å²) in [7, 11) is -1.96. The Labute approximate surface area is 101 Å². The van der Waals surface area contributed by atoms with Crippen LogP contribution in [0.5, 0.6) is 0 Å². The maximum absolute atomic E-state index is 11.5. The van der Waals surface area contributed by atoms with E-state index in [4.69, 9.17) is 5.11 Å². The van der Waals surface area contributed by atoms with Crippen LogP contribution in [-0.2, 0) is 19.4 Å². The molecule has 1 amide bonds. The molecule has 0 rings (SSSR count). The van der Waals surface area contributed by atoms with Gasteiger partial charge in [0.05, 0.1) is 5.75 Å². The first-order valence-electron chi connectivity index (χ1n) is 5.35. The number of rotatable bonds is 7. The predicted octanol–water partition coefficient (Wildman–Crippen LogP) is 0.0382. The van der Waals surface area contributed by atoms with Crippen molar-refractivity contribution in [1.29, 1.82) is 0 Å². The summed E-state index contributed by atoms with van der Waals surface area (Å²) in [5, 5.41) is 11.2. The van der Waals surface area contributed by atoms with Gasteiger partial charge in [0.25, 0.3) is 0 Å².